The smallest absolute Gasteiger partial charge is 0.361 e. The molecule has 0 unspecified atom stereocenters. The van der Waals surface area contributed by atoms with E-state index in [4.69, 9.17) is 11.6 Å². The highest BCUT2D eigenvalue weighted by atomic mass is 35.5. The highest BCUT2D eigenvalue weighted by molar-refractivity contribution is 6.30. The molecule has 1 amide bonds. The minimum atomic E-state index is -4.66. The lowest BCUT2D eigenvalue weighted by molar-refractivity contribution is -0.137. The third kappa shape index (κ3) is 3.76. The van der Waals surface area contributed by atoms with Gasteiger partial charge in [-0.25, -0.2) is 4.39 Å². The normalized spacial score (nSPS) is 11.7. The molecule has 0 saturated heterocycles. The Labute approximate surface area is 144 Å². The van der Waals surface area contributed by atoms with Gasteiger partial charge < -0.3 is 10.3 Å². The summed E-state index contributed by atoms with van der Waals surface area (Å²) in [6.45, 7) is 0. The Morgan fingerprint density at radius 2 is 1.92 bits per heavy atom. The van der Waals surface area contributed by atoms with Gasteiger partial charge in [0.15, 0.2) is 0 Å². The lowest BCUT2D eigenvalue weighted by Gasteiger charge is -2.14. The molecular weight excluding hydrogens is 360 g/mol. The number of H-pyrrole nitrogens is 1. The zero-order chi connectivity index (χ0) is 18.2. The summed E-state index contributed by atoms with van der Waals surface area (Å²) in [5.74, 6) is -1.12. The number of carbonyl (C=O) groups excluding carboxylic acids is 1. The van der Waals surface area contributed by atoms with E-state index in [2.05, 4.69) is 10.3 Å². The van der Waals surface area contributed by atoms with Crippen molar-refractivity contribution in [3.8, 4) is 0 Å². The first-order valence-corrected chi connectivity index (χ1v) is 7.54. The number of aromatic nitrogens is 1. The van der Waals surface area contributed by atoms with Gasteiger partial charge in [-0.15, -0.1) is 0 Å². The van der Waals surface area contributed by atoms with E-state index in [0.717, 1.165) is 12.1 Å². The SMILES string of the molecule is O=C(Cc1c[nH]c2ccc(F)cc12)Nc1ccc(Cl)cc1C(F)(F)F. The molecule has 0 aliphatic carbocycles. The lowest BCUT2D eigenvalue weighted by Crippen LogP contribution is -2.18. The largest absolute Gasteiger partial charge is 0.418 e. The van der Waals surface area contributed by atoms with Crippen LogP contribution in [-0.2, 0) is 17.4 Å². The van der Waals surface area contributed by atoms with E-state index in [9.17, 15) is 22.4 Å². The van der Waals surface area contributed by atoms with Crippen LogP contribution in [0.5, 0.6) is 0 Å². The summed E-state index contributed by atoms with van der Waals surface area (Å²) in [4.78, 5) is 15.0. The third-order valence-electron chi connectivity index (χ3n) is 3.64. The van der Waals surface area contributed by atoms with Crippen molar-refractivity contribution in [2.45, 2.75) is 12.6 Å². The third-order valence-corrected chi connectivity index (χ3v) is 3.88. The summed E-state index contributed by atoms with van der Waals surface area (Å²) in [6, 6.07) is 7.15. The Kier molecular flexibility index (Phi) is 4.43. The van der Waals surface area contributed by atoms with E-state index >= 15 is 0 Å². The number of hydrogen-bond acceptors (Lipinski definition) is 1. The highest BCUT2D eigenvalue weighted by Crippen LogP contribution is 2.36. The fourth-order valence-electron chi connectivity index (χ4n) is 2.52. The predicted molar refractivity (Wildman–Crippen MR) is 87.0 cm³/mol. The molecule has 8 heteroatoms. The maximum Gasteiger partial charge on any atom is 0.418 e. The van der Waals surface area contributed by atoms with Gasteiger partial charge in [0.05, 0.1) is 17.7 Å². The molecule has 3 aromatic rings. The molecule has 1 aromatic heterocycles. The standard InChI is InChI=1S/C17H11ClF4N2O/c18-10-1-3-15(13(6-10)17(20,21)22)24-16(25)5-9-8-23-14-4-2-11(19)7-12(9)14/h1-4,6-8,23H,5H2,(H,24,25). The Hall–Kier alpha value is -2.54. The molecule has 0 atom stereocenters. The number of alkyl halides is 3. The quantitative estimate of drug-likeness (QED) is 0.614. The van der Waals surface area contributed by atoms with Crippen molar-refractivity contribution in [3.63, 3.8) is 0 Å². The molecule has 3 rings (SSSR count). The van der Waals surface area contributed by atoms with Gasteiger partial charge in [-0.1, -0.05) is 11.6 Å². The van der Waals surface area contributed by atoms with Gasteiger partial charge in [-0.05, 0) is 42.0 Å². The number of aromatic amines is 1. The number of nitrogens with one attached hydrogen (secondary N) is 2. The van der Waals surface area contributed by atoms with E-state index < -0.39 is 23.5 Å². The maximum absolute atomic E-state index is 13.3. The molecule has 1 heterocycles. The number of halogens is 5. The van der Waals surface area contributed by atoms with Crippen molar-refractivity contribution in [3.05, 3.63) is 64.6 Å². The second-order valence-electron chi connectivity index (χ2n) is 5.42. The summed E-state index contributed by atoms with van der Waals surface area (Å²) in [7, 11) is 0. The maximum atomic E-state index is 13.3. The second-order valence-corrected chi connectivity index (χ2v) is 5.85. The molecular formula is C17H11ClF4N2O. The molecule has 0 saturated carbocycles. The van der Waals surface area contributed by atoms with Crippen LogP contribution in [0.1, 0.15) is 11.1 Å². The first kappa shape index (κ1) is 17.3. The zero-order valence-electron chi connectivity index (χ0n) is 12.5. The van der Waals surface area contributed by atoms with Gasteiger partial charge in [0.25, 0.3) is 0 Å². The molecule has 0 aliphatic rings. The summed E-state index contributed by atoms with van der Waals surface area (Å²) in [5.41, 5.74) is -0.299. The number of anilines is 1. The fraction of sp³-hybridized carbons (Fsp3) is 0.118. The molecule has 3 nitrogen and oxygen atoms in total. The van der Waals surface area contributed by atoms with Crippen LogP contribution in [-0.4, -0.2) is 10.9 Å². The van der Waals surface area contributed by atoms with Crippen LogP contribution in [0.2, 0.25) is 5.02 Å². The van der Waals surface area contributed by atoms with Crippen molar-refractivity contribution in [1.82, 2.24) is 4.98 Å². The second kappa shape index (κ2) is 6.40. The average molecular weight is 371 g/mol. The van der Waals surface area contributed by atoms with Crippen molar-refractivity contribution in [2.75, 3.05) is 5.32 Å². The zero-order valence-corrected chi connectivity index (χ0v) is 13.3. The van der Waals surface area contributed by atoms with Crippen molar-refractivity contribution in [1.29, 1.82) is 0 Å². The number of fused-ring (bicyclic) bond motifs is 1. The van der Waals surface area contributed by atoms with Crippen LogP contribution in [0, 0.1) is 5.82 Å². The molecule has 2 N–H and O–H groups in total. The molecule has 25 heavy (non-hydrogen) atoms. The van der Waals surface area contributed by atoms with Crippen LogP contribution in [0.4, 0.5) is 23.2 Å². The minimum absolute atomic E-state index is 0.0857. The molecule has 0 spiro atoms. The van der Waals surface area contributed by atoms with Crippen LogP contribution in [0.15, 0.2) is 42.6 Å². The fourth-order valence-corrected chi connectivity index (χ4v) is 2.70. The number of carbonyl (C=O) groups is 1. The van der Waals surface area contributed by atoms with E-state index in [-0.39, 0.29) is 17.1 Å². The molecule has 0 radical (unpaired) electrons. The molecule has 0 bridgehead atoms. The van der Waals surface area contributed by atoms with Crippen LogP contribution in [0.25, 0.3) is 10.9 Å². The molecule has 0 fully saturated rings. The number of benzene rings is 2. The van der Waals surface area contributed by atoms with Gasteiger partial charge in [-0.3, -0.25) is 4.79 Å². The van der Waals surface area contributed by atoms with Gasteiger partial charge >= 0.3 is 6.18 Å². The van der Waals surface area contributed by atoms with Gasteiger partial charge in [-0.2, -0.15) is 13.2 Å². The van der Waals surface area contributed by atoms with Crippen molar-refractivity contribution < 1.29 is 22.4 Å². The van der Waals surface area contributed by atoms with E-state index in [1.54, 1.807) is 0 Å². The highest BCUT2D eigenvalue weighted by Gasteiger charge is 2.34. The average Bonchev–Trinajstić information content (AvgIpc) is 2.90. The summed E-state index contributed by atoms with van der Waals surface area (Å²) in [6.07, 6.45) is -3.34. The number of hydrogen-bond donors (Lipinski definition) is 2. The van der Waals surface area contributed by atoms with Gasteiger partial charge in [0, 0.05) is 22.1 Å². The monoisotopic (exact) mass is 370 g/mol. The first-order chi connectivity index (χ1) is 11.7. The van der Waals surface area contributed by atoms with Gasteiger partial charge in [0.2, 0.25) is 5.91 Å². The Morgan fingerprint density at radius 1 is 1.16 bits per heavy atom. The van der Waals surface area contributed by atoms with Crippen molar-refractivity contribution >= 4 is 34.1 Å². The molecule has 0 aliphatic heterocycles. The minimum Gasteiger partial charge on any atom is -0.361 e. The predicted octanol–water partition coefficient (Wildman–Crippen LogP) is 5.16. The summed E-state index contributed by atoms with van der Waals surface area (Å²) >= 11 is 5.60. The van der Waals surface area contributed by atoms with Crippen LogP contribution in [0.3, 0.4) is 0 Å². The van der Waals surface area contributed by atoms with Gasteiger partial charge in [0.1, 0.15) is 5.82 Å². The van der Waals surface area contributed by atoms with Crippen LogP contribution < -0.4 is 5.32 Å². The van der Waals surface area contributed by atoms with E-state index in [1.807, 2.05) is 0 Å². The molecule has 2 aromatic carbocycles. The number of rotatable bonds is 3. The Morgan fingerprint density at radius 3 is 2.64 bits per heavy atom. The van der Waals surface area contributed by atoms with Crippen molar-refractivity contribution in [2.24, 2.45) is 0 Å². The van der Waals surface area contributed by atoms with E-state index in [1.165, 1.54) is 30.5 Å². The Bertz CT molecular complexity index is 949. The Balaban J connectivity index is 1.84. The first-order valence-electron chi connectivity index (χ1n) is 7.16. The number of amides is 1. The van der Waals surface area contributed by atoms with Crippen LogP contribution >= 0.6 is 11.6 Å². The topological polar surface area (TPSA) is 44.9 Å². The summed E-state index contributed by atoms with van der Waals surface area (Å²) in [5, 5.41) is 2.65. The summed E-state index contributed by atoms with van der Waals surface area (Å²) < 4.78 is 52.5. The van der Waals surface area contributed by atoms with E-state index in [0.29, 0.717) is 16.5 Å². The molecule has 130 valence electrons. The lowest BCUT2D eigenvalue weighted by atomic mass is 10.1.